The fourth-order valence-electron chi connectivity index (χ4n) is 6.83. The zero-order valence-electron chi connectivity index (χ0n) is 23.7. The molecule has 0 N–H and O–H groups in total. The van der Waals surface area contributed by atoms with Gasteiger partial charge in [-0.2, -0.15) is 0 Å². The van der Waals surface area contributed by atoms with E-state index < -0.39 is 5.41 Å². The van der Waals surface area contributed by atoms with Gasteiger partial charge >= 0.3 is 0 Å². The van der Waals surface area contributed by atoms with E-state index in [0.717, 1.165) is 11.5 Å². The lowest BCUT2D eigenvalue weighted by Crippen LogP contribution is -2.41. The molecule has 4 aromatic rings. The molecule has 0 atom stereocenters. The molecule has 2 heteroatoms. The Morgan fingerprint density at radius 3 is 1.31 bits per heavy atom. The highest BCUT2D eigenvalue weighted by atomic mass is 16.5. The van der Waals surface area contributed by atoms with Crippen LogP contribution in [0.5, 0.6) is 11.5 Å². The highest BCUT2D eigenvalue weighted by Gasteiger charge is 2.51. The molecule has 0 bridgehead atoms. The van der Waals surface area contributed by atoms with E-state index in [4.69, 9.17) is 9.47 Å². The van der Waals surface area contributed by atoms with Crippen LogP contribution in [-0.4, -0.2) is 14.2 Å². The van der Waals surface area contributed by atoms with Crippen LogP contribution in [0.25, 0.3) is 11.1 Å². The Labute approximate surface area is 232 Å². The van der Waals surface area contributed by atoms with E-state index in [1.165, 1.54) is 55.6 Å². The predicted molar refractivity (Wildman–Crippen MR) is 161 cm³/mol. The van der Waals surface area contributed by atoms with Crippen molar-refractivity contribution in [3.8, 4) is 22.6 Å². The maximum atomic E-state index is 5.59. The average Bonchev–Trinajstić information content (AvgIpc) is 3.59. The molecule has 2 nitrogen and oxygen atoms in total. The molecule has 0 radical (unpaired) electrons. The number of fused-ring (bicyclic) bond motifs is 3. The topological polar surface area (TPSA) is 18.5 Å². The summed E-state index contributed by atoms with van der Waals surface area (Å²) in [5, 5.41) is 0. The number of rotatable bonds is 6. The van der Waals surface area contributed by atoms with Crippen molar-refractivity contribution in [2.45, 2.75) is 39.0 Å². The first-order valence-corrected chi connectivity index (χ1v) is 13.7. The van der Waals surface area contributed by atoms with Gasteiger partial charge in [0.15, 0.2) is 0 Å². The Balaban J connectivity index is 1.76. The lowest BCUT2D eigenvalue weighted by Gasteiger charge is -2.45. The molecule has 0 saturated heterocycles. The van der Waals surface area contributed by atoms with Crippen LogP contribution in [0.3, 0.4) is 0 Å². The first-order chi connectivity index (χ1) is 18.9. The Hall–Kier alpha value is -4.04. The molecule has 39 heavy (non-hydrogen) atoms. The van der Waals surface area contributed by atoms with Crippen LogP contribution in [0.4, 0.5) is 0 Å². The van der Waals surface area contributed by atoms with Crippen LogP contribution in [-0.2, 0) is 5.41 Å². The normalized spacial score (nSPS) is 14.5. The molecule has 6 rings (SSSR count). The van der Waals surface area contributed by atoms with Gasteiger partial charge in [0, 0.05) is 17.3 Å². The Kier molecular flexibility index (Phi) is 6.22. The van der Waals surface area contributed by atoms with E-state index in [1.807, 2.05) is 0 Å². The molecule has 0 spiro atoms. The standard InChI is InChI=1S/C37H36O2/c1-23-19-32-33-20-24(2)26(4)22-35(33)36(34(32)21-25(23)3)37(27-9-7-8-10-27,28-11-15-30(38-5)16-12-28)29-13-17-31(39-6)18-14-29/h7-22,27,36H,1-6H3. The second-order valence-corrected chi connectivity index (χ2v) is 11.1. The summed E-state index contributed by atoms with van der Waals surface area (Å²) in [5.74, 6) is 2.00. The van der Waals surface area contributed by atoms with Crippen molar-refractivity contribution in [3.05, 3.63) is 142 Å². The molecule has 0 amide bonds. The Morgan fingerprint density at radius 2 is 0.923 bits per heavy atom. The molecule has 0 fully saturated rings. The van der Waals surface area contributed by atoms with Gasteiger partial charge in [-0.25, -0.2) is 0 Å². The third-order valence-electron chi connectivity index (χ3n) is 9.11. The van der Waals surface area contributed by atoms with E-state index >= 15 is 0 Å². The van der Waals surface area contributed by atoms with Gasteiger partial charge in [0.05, 0.1) is 14.2 Å². The highest BCUT2D eigenvalue weighted by Crippen LogP contribution is 2.61. The van der Waals surface area contributed by atoms with Crippen LogP contribution in [0.2, 0.25) is 0 Å². The molecule has 0 saturated carbocycles. The lowest BCUT2D eigenvalue weighted by atomic mass is 9.56. The number of benzene rings is 4. The van der Waals surface area contributed by atoms with E-state index in [1.54, 1.807) is 14.2 Å². The van der Waals surface area contributed by atoms with Crippen molar-refractivity contribution >= 4 is 0 Å². The fourth-order valence-corrected chi connectivity index (χ4v) is 6.83. The summed E-state index contributed by atoms with van der Waals surface area (Å²) in [6, 6.07) is 27.2. The van der Waals surface area contributed by atoms with E-state index in [2.05, 4.69) is 125 Å². The minimum Gasteiger partial charge on any atom is -0.497 e. The fraction of sp³-hybridized carbons (Fsp3) is 0.243. The summed E-state index contributed by atoms with van der Waals surface area (Å²) < 4.78 is 11.2. The lowest BCUT2D eigenvalue weighted by molar-refractivity contribution is 0.389. The number of methoxy groups -OCH3 is 2. The summed E-state index contributed by atoms with van der Waals surface area (Å²) in [4.78, 5) is 0. The van der Waals surface area contributed by atoms with Crippen molar-refractivity contribution in [3.63, 3.8) is 0 Å². The average molecular weight is 513 g/mol. The first kappa shape index (κ1) is 25.2. The molecule has 0 aromatic heterocycles. The van der Waals surface area contributed by atoms with E-state index in [9.17, 15) is 0 Å². The van der Waals surface area contributed by atoms with Gasteiger partial charge in [0.2, 0.25) is 0 Å². The van der Waals surface area contributed by atoms with Crippen LogP contribution in [0, 0.1) is 33.6 Å². The zero-order valence-corrected chi connectivity index (χ0v) is 23.7. The third-order valence-corrected chi connectivity index (χ3v) is 9.11. The molecular weight excluding hydrogens is 476 g/mol. The maximum Gasteiger partial charge on any atom is 0.118 e. The minimum atomic E-state index is -0.397. The molecule has 2 aliphatic carbocycles. The number of ether oxygens (including phenoxy) is 2. The Bertz CT molecular complexity index is 1490. The van der Waals surface area contributed by atoms with Gasteiger partial charge in [0.1, 0.15) is 11.5 Å². The third kappa shape index (κ3) is 3.85. The van der Waals surface area contributed by atoms with Gasteiger partial charge in [0.25, 0.3) is 0 Å². The monoisotopic (exact) mass is 512 g/mol. The van der Waals surface area contributed by atoms with Gasteiger partial charge in [-0.05, 0) is 108 Å². The van der Waals surface area contributed by atoms with Crippen LogP contribution in [0.15, 0.2) is 97.1 Å². The first-order valence-electron chi connectivity index (χ1n) is 13.7. The number of hydrogen-bond donors (Lipinski definition) is 0. The smallest absolute Gasteiger partial charge is 0.118 e. The molecule has 0 aliphatic heterocycles. The van der Waals surface area contributed by atoms with Crippen LogP contribution in [0.1, 0.15) is 50.4 Å². The summed E-state index contributed by atoms with van der Waals surface area (Å²) in [5.41, 5.74) is 13.0. The van der Waals surface area contributed by atoms with Gasteiger partial charge in [-0.3, -0.25) is 0 Å². The molecule has 0 unspecified atom stereocenters. The summed E-state index contributed by atoms with van der Waals surface area (Å²) in [6.07, 6.45) is 9.14. The highest BCUT2D eigenvalue weighted by molar-refractivity contribution is 5.83. The second-order valence-electron chi connectivity index (χ2n) is 11.1. The molecular formula is C37H36O2. The zero-order chi connectivity index (χ0) is 27.3. The number of aryl methyl sites for hydroxylation is 4. The quantitative estimate of drug-likeness (QED) is 0.257. The molecule has 196 valence electrons. The summed E-state index contributed by atoms with van der Waals surface area (Å²) in [7, 11) is 3.46. The SMILES string of the molecule is COc1ccc(C(c2ccc(OC)cc2)(C2C=CC=C2)C2c3cc(C)c(C)cc3-c3cc(C)c(C)cc32)cc1. The van der Waals surface area contributed by atoms with Crippen LogP contribution >= 0.6 is 0 Å². The van der Waals surface area contributed by atoms with Gasteiger partial charge in [-0.15, -0.1) is 0 Å². The maximum absolute atomic E-state index is 5.59. The number of hydrogen-bond acceptors (Lipinski definition) is 2. The largest absolute Gasteiger partial charge is 0.497 e. The summed E-state index contributed by atoms with van der Waals surface area (Å²) in [6.45, 7) is 8.94. The van der Waals surface area contributed by atoms with Crippen LogP contribution < -0.4 is 9.47 Å². The van der Waals surface area contributed by atoms with Crippen molar-refractivity contribution in [2.75, 3.05) is 14.2 Å². The van der Waals surface area contributed by atoms with E-state index in [-0.39, 0.29) is 11.8 Å². The number of allylic oxidation sites excluding steroid dienone is 4. The Morgan fingerprint density at radius 1 is 0.538 bits per heavy atom. The van der Waals surface area contributed by atoms with Gasteiger partial charge < -0.3 is 9.47 Å². The summed E-state index contributed by atoms with van der Waals surface area (Å²) >= 11 is 0. The molecule has 4 aromatic carbocycles. The second kappa shape index (κ2) is 9.61. The van der Waals surface area contributed by atoms with Crippen molar-refractivity contribution in [2.24, 2.45) is 5.92 Å². The van der Waals surface area contributed by atoms with Gasteiger partial charge in [-0.1, -0.05) is 72.8 Å². The van der Waals surface area contributed by atoms with Crippen molar-refractivity contribution in [1.82, 2.24) is 0 Å². The van der Waals surface area contributed by atoms with Crippen molar-refractivity contribution in [1.29, 1.82) is 0 Å². The van der Waals surface area contributed by atoms with Crippen molar-refractivity contribution < 1.29 is 9.47 Å². The predicted octanol–water partition coefficient (Wildman–Crippen LogP) is 8.78. The minimum absolute atomic E-state index is 0.111. The van der Waals surface area contributed by atoms with E-state index in [0.29, 0.717) is 0 Å². The molecule has 0 heterocycles. The molecule has 2 aliphatic rings.